The zero-order valence-corrected chi connectivity index (χ0v) is 11.0. The standard InChI is InChI=1S/C12H26O4/c1-5-13-11(14-6-2)9-10-12(15-7-3)16-8-4/h11-12H,5-10H2,1-4H3. The molecule has 98 valence electrons. The second-order valence-corrected chi connectivity index (χ2v) is 3.26. The van der Waals surface area contributed by atoms with Crippen LogP contribution in [0.25, 0.3) is 0 Å². The van der Waals surface area contributed by atoms with Crippen LogP contribution in [0.4, 0.5) is 0 Å². The van der Waals surface area contributed by atoms with Gasteiger partial charge in [0.15, 0.2) is 12.6 Å². The summed E-state index contributed by atoms with van der Waals surface area (Å²) in [4.78, 5) is 0. The monoisotopic (exact) mass is 234 g/mol. The molecule has 0 aliphatic rings. The van der Waals surface area contributed by atoms with E-state index in [0.717, 1.165) is 12.8 Å². The van der Waals surface area contributed by atoms with Gasteiger partial charge in [0.1, 0.15) is 0 Å². The summed E-state index contributed by atoms with van der Waals surface area (Å²) in [6, 6.07) is 0. The zero-order chi connectivity index (χ0) is 12.2. The van der Waals surface area contributed by atoms with Gasteiger partial charge in [-0.1, -0.05) is 0 Å². The minimum Gasteiger partial charge on any atom is -0.353 e. The van der Waals surface area contributed by atoms with Crippen molar-refractivity contribution in [2.75, 3.05) is 26.4 Å². The molecule has 4 nitrogen and oxygen atoms in total. The van der Waals surface area contributed by atoms with Crippen molar-refractivity contribution >= 4 is 0 Å². The summed E-state index contributed by atoms with van der Waals surface area (Å²) >= 11 is 0. The van der Waals surface area contributed by atoms with Crippen LogP contribution < -0.4 is 0 Å². The minimum atomic E-state index is -0.140. The first-order valence-electron chi connectivity index (χ1n) is 6.24. The molecule has 0 saturated carbocycles. The Morgan fingerprint density at radius 3 is 1.00 bits per heavy atom. The topological polar surface area (TPSA) is 36.9 Å². The van der Waals surface area contributed by atoms with Gasteiger partial charge >= 0.3 is 0 Å². The molecule has 0 rings (SSSR count). The molecule has 0 saturated heterocycles. The average molecular weight is 234 g/mol. The van der Waals surface area contributed by atoms with Crippen molar-refractivity contribution in [3.8, 4) is 0 Å². The second-order valence-electron chi connectivity index (χ2n) is 3.26. The molecule has 0 aromatic heterocycles. The van der Waals surface area contributed by atoms with Gasteiger partial charge in [0.25, 0.3) is 0 Å². The third-order valence-electron chi connectivity index (χ3n) is 2.05. The van der Waals surface area contributed by atoms with Gasteiger partial charge in [0.2, 0.25) is 0 Å². The van der Waals surface area contributed by atoms with Crippen LogP contribution in [0.2, 0.25) is 0 Å². The lowest BCUT2D eigenvalue weighted by atomic mass is 10.3. The molecule has 0 bridgehead atoms. The first-order valence-corrected chi connectivity index (χ1v) is 6.24. The molecule has 0 amide bonds. The maximum atomic E-state index is 5.46. The van der Waals surface area contributed by atoms with Crippen molar-refractivity contribution in [2.45, 2.75) is 53.1 Å². The van der Waals surface area contributed by atoms with Gasteiger partial charge in [0.05, 0.1) is 0 Å². The molecule has 0 N–H and O–H groups in total. The highest BCUT2D eigenvalue weighted by Gasteiger charge is 2.13. The molecule has 0 heterocycles. The summed E-state index contributed by atoms with van der Waals surface area (Å²) in [6.07, 6.45) is 1.32. The van der Waals surface area contributed by atoms with Crippen molar-refractivity contribution in [1.82, 2.24) is 0 Å². The van der Waals surface area contributed by atoms with Crippen molar-refractivity contribution < 1.29 is 18.9 Å². The fraction of sp³-hybridized carbons (Fsp3) is 1.00. The number of hydrogen-bond donors (Lipinski definition) is 0. The van der Waals surface area contributed by atoms with Gasteiger partial charge in [-0.25, -0.2) is 0 Å². The van der Waals surface area contributed by atoms with Crippen LogP contribution in [-0.2, 0) is 18.9 Å². The summed E-state index contributed by atoms with van der Waals surface area (Å²) in [7, 11) is 0. The van der Waals surface area contributed by atoms with E-state index in [9.17, 15) is 0 Å². The van der Waals surface area contributed by atoms with Gasteiger partial charge < -0.3 is 18.9 Å². The Hall–Kier alpha value is -0.160. The average Bonchev–Trinajstić information content (AvgIpc) is 2.27. The van der Waals surface area contributed by atoms with Crippen molar-refractivity contribution in [2.24, 2.45) is 0 Å². The SMILES string of the molecule is CCOC(CCC(OCC)OCC)OCC. The number of hydrogen-bond acceptors (Lipinski definition) is 4. The summed E-state index contributed by atoms with van der Waals surface area (Å²) in [5.74, 6) is 0. The Kier molecular flexibility index (Phi) is 11.2. The highest BCUT2D eigenvalue weighted by Crippen LogP contribution is 2.10. The van der Waals surface area contributed by atoms with Gasteiger partial charge in [-0.15, -0.1) is 0 Å². The molecule has 4 heteroatoms. The van der Waals surface area contributed by atoms with Crippen molar-refractivity contribution in [3.05, 3.63) is 0 Å². The normalized spacial score (nSPS) is 11.6. The molecular weight excluding hydrogens is 208 g/mol. The molecule has 0 unspecified atom stereocenters. The van der Waals surface area contributed by atoms with E-state index < -0.39 is 0 Å². The van der Waals surface area contributed by atoms with Gasteiger partial charge in [-0.3, -0.25) is 0 Å². The van der Waals surface area contributed by atoms with Crippen LogP contribution in [0.15, 0.2) is 0 Å². The quantitative estimate of drug-likeness (QED) is 0.515. The predicted molar refractivity (Wildman–Crippen MR) is 63.3 cm³/mol. The Bertz CT molecular complexity index is 113. The number of ether oxygens (including phenoxy) is 4. The lowest BCUT2D eigenvalue weighted by molar-refractivity contribution is -0.172. The molecule has 0 aliphatic heterocycles. The smallest absolute Gasteiger partial charge is 0.157 e. The number of rotatable bonds is 11. The summed E-state index contributed by atoms with van der Waals surface area (Å²) < 4.78 is 21.8. The molecular formula is C12H26O4. The fourth-order valence-corrected chi connectivity index (χ4v) is 1.45. The van der Waals surface area contributed by atoms with Crippen molar-refractivity contribution in [1.29, 1.82) is 0 Å². The van der Waals surface area contributed by atoms with Gasteiger partial charge in [-0.2, -0.15) is 0 Å². The highest BCUT2D eigenvalue weighted by molar-refractivity contribution is 4.51. The van der Waals surface area contributed by atoms with E-state index in [4.69, 9.17) is 18.9 Å². The van der Waals surface area contributed by atoms with E-state index >= 15 is 0 Å². The molecule has 0 aliphatic carbocycles. The van der Waals surface area contributed by atoms with E-state index in [1.807, 2.05) is 27.7 Å². The van der Waals surface area contributed by atoms with Gasteiger partial charge in [0, 0.05) is 39.3 Å². The van der Waals surface area contributed by atoms with Crippen LogP contribution in [0.5, 0.6) is 0 Å². The minimum absolute atomic E-state index is 0.140. The van der Waals surface area contributed by atoms with Crippen LogP contribution in [-0.4, -0.2) is 39.0 Å². The molecule has 0 atom stereocenters. The third-order valence-corrected chi connectivity index (χ3v) is 2.05. The Labute approximate surface area is 99.2 Å². The van der Waals surface area contributed by atoms with Crippen LogP contribution >= 0.6 is 0 Å². The second kappa shape index (κ2) is 11.3. The molecule has 0 fully saturated rings. The lowest BCUT2D eigenvalue weighted by Gasteiger charge is -2.21. The van der Waals surface area contributed by atoms with E-state index in [2.05, 4.69) is 0 Å². The molecule has 0 aromatic carbocycles. The largest absolute Gasteiger partial charge is 0.353 e. The molecule has 0 radical (unpaired) electrons. The predicted octanol–water partition coefficient (Wildman–Crippen LogP) is 2.56. The first kappa shape index (κ1) is 15.8. The third kappa shape index (κ3) is 8.05. The van der Waals surface area contributed by atoms with Gasteiger partial charge in [-0.05, 0) is 27.7 Å². The van der Waals surface area contributed by atoms with Crippen LogP contribution in [0, 0.1) is 0 Å². The highest BCUT2D eigenvalue weighted by atomic mass is 16.7. The van der Waals surface area contributed by atoms with E-state index in [1.165, 1.54) is 0 Å². The molecule has 0 aromatic rings. The first-order chi connectivity index (χ1) is 7.78. The Morgan fingerprint density at radius 2 is 0.812 bits per heavy atom. The Balaban J connectivity index is 3.83. The van der Waals surface area contributed by atoms with E-state index in [-0.39, 0.29) is 12.6 Å². The maximum absolute atomic E-state index is 5.46. The lowest BCUT2D eigenvalue weighted by Crippen LogP contribution is -2.23. The van der Waals surface area contributed by atoms with E-state index in [0.29, 0.717) is 26.4 Å². The zero-order valence-electron chi connectivity index (χ0n) is 11.0. The molecule has 16 heavy (non-hydrogen) atoms. The van der Waals surface area contributed by atoms with Crippen LogP contribution in [0.1, 0.15) is 40.5 Å². The summed E-state index contributed by atoms with van der Waals surface area (Å²) in [5.41, 5.74) is 0. The summed E-state index contributed by atoms with van der Waals surface area (Å²) in [5, 5.41) is 0. The fourth-order valence-electron chi connectivity index (χ4n) is 1.45. The summed E-state index contributed by atoms with van der Waals surface area (Å²) in [6.45, 7) is 10.5. The van der Waals surface area contributed by atoms with E-state index in [1.54, 1.807) is 0 Å². The maximum Gasteiger partial charge on any atom is 0.157 e. The van der Waals surface area contributed by atoms with Crippen molar-refractivity contribution in [3.63, 3.8) is 0 Å². The van der Waals surface area contributed by atoms with Crippen LogP contribution in [0.3, 0.4) is 0 Å². The Morgan fingerprint density at radius 1 is 0.562 bits per heavy atom. The molecule has 0 spiro atoms.